The highest BCUT2D eigenvalue weighted by molar-refractivity contribution is 5.78. The van der Waals surface area contributed by atoms with Crippen molar-refractivity contribution in [2.45, 2.75) is 18.9 Å². The second-order valence-electron chi connectivity index (χ2n) is 6.42. The third-order valence-electron chi connectivity index (χ3n) is 4.44. The van der Waals surface area contributed by atoms with Crippen molar-refractivity contribution in [2.24, 2.45) is 5.92 Å². The van der Waals surface area contributed by atoms with Crippen LogP contribution in [0.4, 0.5) is 0 Å². The molecule has 1 amide bonds. The largest absolute Gasteiger partial charge is 0.484 e. The highest BCUT2D eigenvalue weighted by atomic mass is 16.5. The molecule has 0 bridgehead atoms. The SMILES string of the molecule is O=C(COc1cccc(-n2cncn2)c1)NC(c1ccccc1)C1CC1. The zero-order chi connectivity index (χ0) is 17.8. The van der Waals surface area contributed by atoms with Crippen molar-refractivity contribution in [2.75, 3.05) is 6.61 Å². The van der Waals surface area contributed by atoms with E-state index in [0.29, 0.717) is 11.7 Å². The molecule has 1 aliphatic rings. The Bertz CT molecular complexity index is 861. The number of ether oxygens (including phenoxy) is 1. The van der Waals surface area contributed by atoms with Crippen molar-refractivity contribution >= 4 is 5.91 Å². The van der Waals surface area contributed by atoms with Gasteiger partial charge in [0.25, 0.3) is 5.91 Å². The number of benzene rings is 2. The molecule has 0 aliphatic heterocycles. The fourth-order valence-electron chi connectivity index (χ4n) is 2.98. The number of carbonyl (C=O) groups is 1. The van der Waals surface area contributed by atoms with Gasteiger partial charge in [0, 0.05) is 6.07 Å². The Kier molecular flexibility index (Phi) is 4.64. The summed E-state index contributed by atoms with van der Waals surface area (Å²) in [4.78, 5) is 16.3. The second kappa shape index (κ2) is 7.39. The standard InChI is InChI=1S/C20H20N4O2/c25-19(23-20(16-9-10-16)15-5-2-1-3-6-15)12-26-18-8-4-7-17(11-18)24-14-21-13-22-24/h1-8,11,13-14,16,20H,9-10,12H2,(H,23,25). The monoisotopic (exact) mass is 348 g/mol. The number of nitrogens with one attached hydrogen (secondary N) is 1. The molecule has 6 heteroatoms. The number of aromatic nitrogens is 3. The van der Waals surface area contributed by atoms with Gasteiger partial charge in [0.2, 0.25) is 0 Å². The number of amides is 1. The molecule has 4 rings (SSSR count). The normalized spacial score (nSPS) is 14.6. The molecule has 1 saturated carbocycles. The van der Waals surface area contributed by atoms with E-state index < -0.39 is 0 Å². The van der Waals surface area contributed by atoms with E-state index in [9.17, 15) is 4.79 Å². The van der Waals surface area contributed by atoms with E-state index in [-0.39, 0.29) is 18.6 Å². The molecule has 0 radical (unpaired) electrons. The van der Waals surface area contributed by atoms with Crippen LogP contribution in [-0.2, 0) is 4.79 Å². The van der Waals surface area contributed by atoms with Crippen molar-refractivity contribution in [3.05, 3.63) is 72.8 Å². The first-order valence-electron chi connectivity index (χ1n) is 8.72. The lowest BCUT2D eigenvalue weighted by atomic mass is 10.0. The fraction of sp³-hybridized carbons (Fsp3) is 0.250. The molecule has 132 valence electrons. The van der Waals surface area contributed by atoms with Crippen molar-refractivity contribution in [3.63, 3.8) is 0 Å². The first-order valence-corrected chi connectivity index (χ1v) is 8.72. The number of rotatable bonds is 7. The maximum absolute atomic E-state index is 12.4. The molecule has 1 aliphatic carbocycles. The number of nitrogens with zero attached hydrogens (tertiary/aromatic N) is 3. The van der Waals surface area contributed by atoms with Gasteiger partial charge in [0.1, 0.15) is 18.4 Å². The van der Waals surface area contributed by atoms with Crippen LogP contribution >= 0.6 is 0 Å². The summed E-state index contributed by atoms with van der Waals surface area (Å²) in [5.74, 6) is 1.03. The molecule has 1 fully saturated rings. The van der Waals surface area contributed by atoms with Crippen molar-refractivity contribution in [3.8, 4) is 11.4 Å². The molecule has 1 aromatic heterocycles. The average molecular weight is 348 g/mol. The maximum atomic E-state index is 12.4. The van der Waals surface area contributed by atoms with Gasteiger partial charge in [-0.1, -0.05) is 36.4 Å². The zero-order valence-electron chi connectivity index (χ0n) is 14.3. The first-order chi connectivity index (χ1) is 12.8. The van der Waals surface area contributed by atoms with Gasteiger partial charge in [-0.2, -0.15) is 5.10 Å². The number of hydrogen-bond donors (Lipinski definition) is 1. The molecule has 3 aromatic rings. The minimum absolute atomic E-state index is 0.0170. The van der Waals surface area contributed by atoms with Gasteiger partial charge in [0.05, 0.1) is 11.7 Å². The second-order valence-corrected chi connectivity index (χ2v) is 6.42. The molecule has 1 atom stereocenters. The highest BCUT2D eigenvalue weighted by Crippen LogP contribution is 2.40. The molecular formula is C20H20N4O2. The van der Waals surface area contributed by atoms with Crippen molar-refractivity contribution in [1.82, 2.24) is 20.1 Å². The van der Waals surface area contributed by atoms with Crippen LogP contribution < -0.4 is 10.1 Å². The molecule has 0 saturated heterocycles. The third kappa shape index (κ3) is 3.91. The Hall–Kier alpha value is -3.15. The Balaban J connectivity index is 1.37. The van der Waals surface area contributed by atoms with Crippen LogP contribution in [0.2, 0.25) is 0 Å². The number of hydrogen-bond acceptors (Lipinski definition) is 4. The van der Waals surface area contributed by atoms with Crippen LogP contribution in [-0.4, -0.2) is 27.3 Å². The topological polar surface area (TPSA) is 69.0 Å². The summed E-state index contributed by atoms with van der Waals surface area (Å²) in [6.07, 6.45) is 5.40. The van der Waals surface area contributed by atoms with Gasteiger partial charge >= 0.3 is 0 Å². The van der Waals surface area contributed by atoms with Gasteiger partial charge in [-0.05, 0) is 36.5 Å². The van der Waals surface area contributed by atoms with Gasteiger partial charge < -0.3 is 10.1 Å². The average Bonchev–Trinajstić information content (AvgIpc) is 3.38. The fourth-order valence-corrected chi connectivity index (χ4v) is 2.98. The summed E-state index contributed by atoms with van der Waals surface area (Å²) in [6, 6.07) is 17.6. The van der Waals surface area contributed by atoms with E-state index in [1.165, 1.54) is 6.33 Å². The lowest BCUT2D eigenvalue weighted by Crippen LogP contribution is -2.33. The van der Waals surface area contributed by atoms with E-state index >= 15 is 0 Å². The smallest absolute Gasteiger partial charge is 0.258 e. The predicted molar refractivity (Wildman–Crippen MR) is 96.9 cm³/mol. The molecule has 6 nitrogen and oxygen atoms in total. The van der Waals surface area contributed by atoms with Crippen LogP contribution in [0.25, 0.3) is 5.69 Å². The van der Waals surface area contributed by atoms with Crippen LogP contribution in [0, 0.1) is 5.92 Å². The maximum Gasteiger partial charge on any atom is 0.258 e. The molecular weight excluding hydrogens is 328 g/mol. The summed E-state index contributed by atoms with van der Waals surface area (Å²) >= 11 is 0. The molecule has 0 spiro atoms. The minimum Gasteiger partial charge on any atom is -0.484 e. The van der Waals surface area contributed by atoms with Crippen LogP contribution in [0.3, 0.4) is 0 Å². The van der Waals surface area contributed by atoms with E-state index in [0.717, 1.165) is 24.1 Å². The molecule has 26 heavy (non-hydrogen) atoms. The Morgan fingerprint density at radius 2 is 2.04 bits per heavy atom. The Morgan fingerprint density at radius 3 is 2.77 bits per heavy atom. The van der Waals surface area contributed by atoms with Gasteiger partial charge in [-0.15, -0.1) is 0 Å². The lowest BCUT2D eigenvalue weighted by Gasteiger charge is -2.19. The van der Waals surface area contributed by atoms with E-state index in [1.807, 2.05) is 42.5 Å². The molecule has 1 heterocycles. The summed E-state index contributed by atoms with van der Waals surface area (Å²) in [5, 5.41) is 7.21. The third-order valence-corrected chi connectivity index (χ3v) is 4.44. The van der Waals surface area contributed by atoms with Gasteiger partial charge in [-0.3, -0.25) is 4.79 Å². The summed E-state index contributed by atoms with van der Waals surface area (Å²) in [7, 11) is 0. The summed E-state index contributed by atoms with van der Waals surface area (Å²) in [6.45, 7) is -0.0170. The molecule has 2 aromatic carbocycles. The quantitative estimate of drug-likeness (QED) is 0.713. The molecule has 1 unspecified atom stereocenters. The van der Waals surface area contributed by atoms with Crippen LogP contribution in [0.5, 0.6) is 5.75 Å². The zero-order valence-corrected chi connectivity index (χ0v) is 14.3. The Morgan fingerprint density at radius 1 is 1.19 bits per heavy atom. The van der Waals surface area contributed by atoms with E-state index in [1.54, 1.807) is 11.0 Å². The van der Waals surface area contributed by atoms with E-state index in [2.05, 4.69) is 27.5 Å². The highest BCUT2D eigenvalue weighted by Gasteiger charge is 2.33. The summed E-state index contributed by atoms with van der Waals surface area (Å²) < 4.78 is 7.31. The summed E-state index contributed by atoms with van der Waals surface area (Å²) in [5.41, 5.74) is 1.98. The van der Waals surface area contributed by atoms with Crippen LogP contribution in [0.15, 0.2) is 67.3 Å². The predicted octanol–water partition coefficient (Wildman–Crippen LogP) is 2.91. The first kappa shape index (κ1) is 16.3. The minimum atomic E-state index is -0.114. The van der Waals surface area contributed by atoms with Gasteiger partial charge in [0.15, 0.2) is 6.61 Å². The van der Waals surface area contributed by atoms with Crippen molar-refractivity contribution in [1.29, 1.82) is 0 Å². The Labute approximate surface area is 151 Å². The molecule has 1 N–H and O–H groups in total. The van der Waals surface area contributed by atoms with Crippen LogP contribution in [0.1, 0.15) is 24.4 Å². The van der Waals surface area contributed by atoms with E-state index in [4.69, 9.17) is 4.74 Å². The van der Waals surface area contributed by atoms with Gasteiger partial charge in [-0.25, -0.2) is 9.67 Å². The lowest BCUT2D eigenvalue weighted by molar-refractivity contribution is -0.124. The van der Waals surface area contributed by atoms with Crippen molar-refractivity contribution < 1.29 is 9.53 Å². The number of carbonyl (C=O) groups excluding carboxylic acids is 1.